The molecule has 1 aliphatic rings. The van der Waals surface area contributed by atoms with Gasteiger partial charge < -0.3 is 24.1 Å². The topological polar surface area (TPSA) is 57.2 Å². The summed E-state index contributed by atoms with van der Waals surface area (Å²) in [6.07, 6.45) is 0.999. The predicted octanol–water partition coefficient (Wildman–Crippen LogP) is 3.29. The number of methoxy groups -OCH3 is 1. The molecule has 3 atom stereocenters. The van der Waals surface area contributed by atoms with Crippen molar-refractivity contribution in [2.75, 3.05) is 13.7 Å². The van der Waals surface area contributed by atoms with E-state index in [4.69, 9.17) is 18.9 Å². The minimum absolute atomic E-state index is 0.120. The summed E-state index contributed by atoms with van der Waals surface area (Å²) in [5.41, 5.74) is 1.08. The van der Waals surface area contributed by atoms with E-state index in [1.807, 2.05) is 38.1 Å². The molecule has 1 N–H and O–H groups in total. The van der Waals surface area contributed by atoms with E-state index < -0.39 is 18.0 Å². The van der Waals surface area contributed by atoms with Gasteiger partial charge in [0.2, 0.25) is 0 Å². The molecule has 5 nitrogen and oxygen atoms in total. The number of aliphatic hydroxyl groups is 1. The molecule has 0 aromatic heterocycles. The summed E-state index contributed by atoms with van der Waals surface area (Å²) in [7, 11) is 1.65. The first-order chi connectivity index (χ1) is 12.4. The van der Waals surface area contributed by atoms with E-state index in [-0.39, 0.29) is 6.10 Å². The molecule has 144 valence electrons. The molecule has 2 unspecified atom stereocenters. The van der Waals surface area contributed by atoms with Crippen molar-refractivity contribution in [1.82, 2.24) is 0 Å². The summed E-state index contributed by atoms with van der Waals surface area (Å²) in [4.78, 5) is 0. The second-order valence-corrected chi connectivity index (χ2v) is 6.84. The molecule has 0 saturated carbocycles. The molecule has 5 heteroatoms. The van der Waals surface area contributed by atoms with Crippen molar-refractivity contribution < 1.29 is 24.1 Å². The van der Waals surface area contributed by atoms with Crippen LogP contribution in [0.2, 0.25) is 0 Å². The Morgan fingerprint density at radius 1 is 1.23 bits per heavy atom. The second-order valence-electron chi connectivity index (χ2n) is 6.84. The van der Waals surface area contributed by atoms with Crippen LogP contribution in [0.1, 0.15) is 45.6 Å². The summed E-state index contributed by atoms with van der Waals surface area (Å²) in [6, 6.07) is 7.77. The zero-order valence-electron chi connectivity index (χ0n) is 16.2. The van der Waals surface area contributed by atoms with E-state index in [2.05, 4.69) is 18.8 Å². The molecule has 0 aliphatic carbocycles. The van der Waals surface area contributed by atoms with Crippen LogP contribution < -0.4 is 4.74 Å². The van der Waals surface area contributed by atoms with Gasteiger partial charge in [-0.1, -0.05) is 37.3 Å². The maximum absolute atomic E-state index is 10.3. The Hall–Kier alpha value is -1.58. The molecule has 1 saturated heterocycles. The van der Waals surface area contributed by atoms with Crippen LogP contribution in [0.4, 0.5) is 0 Å². The van der Waals surface area contributed by atoms with Gasteiger partial charge in [0.25, 0.3) is 0 Å². The zero-order valence-corrected chi connectivity index (χ0v) is 16.2. The van der Waals surface area contributed by atoms with Crippen LogP contribution in [0.3, 0.4) is 0 Å². The van der Waals surface area contributed by atoms with E-state index in [1.54, 1.807) is 7.11 Å². The van der Waals surface area contributed by atoms with Crippen LogP contribution >= 0.6 is 0 Å². The smallest absolute Gasteiger partial charge is 0.163 e. The van der Waals surface area contributed by atoms with E-state index >= 15 is 0 Å². The van der Waals surface area contributed by atoms with Gasteiger partial charge in [-0.25, -0.2) is 0 Å². The third kappa shape index (κ3) is 6.30. The Morgan fingerprint density at radius 2 is 1.96 bits per heavy atom. The largest absolute Gasteiger partial charge is 0.497 e. The van der Waals surface area contributed by atoms with Crippen LogP contribution in [-0.2, 0) is 20.8 Å². The molecule has 26 heavy (non-hydrogen) atoms. The highest BCUT2D eigenvalue weighted by atomic mass is 16.8. The Balaban J connectivity index is 1.72. The standard InChI is InChI=1S/C21H30O5/c1-5-8-19-20(26-21(2,3)25-19)18(22)9-6-7-14-24-15-16-10-12-17(23-4)13-11-16/h10-13,18-20,22H,5,7-8,14-15H2,1-4H3/t18?,19-,20?/m0/s1. The molecule has 1 aromatic rings. The normalized spacial score (nSPS) is 22.5. The number of benzene rings is 1. The first-order valence-corrected chi connectivity index (χ1v) is 9.18. The third-order valence-electron chi connectivity index (χ3n) is 4.16. The van der Waals surface area contributed by atoms with Gasteiger partial charge in [-0.2, -0.15) is 0 Å². The predicted molar refractivity (Wildman–Crippen MR) is 99.8 cm³/mol. The van der Waals surface area contributed by atoms with Crippen LogP contribution in [0.15, 0.2) is 24.3 Å². The highest BCUT2D eigenvalue weighted by Gasteiger charge is 2.43. The molecular weight excluding hydrogens is 332 g/mol. The number of ether oxygens (including phenoxy) is 4. The Morgan fingerprint density at radius 3 is 2.62 bits per heavy atom. The lowest BCUT2D eigenvalue weighted by molar-refractivity contribution is -0.152. The van der Waals surface area contributed by atoms with Crippen molar-refractivity contribution in [2.24, 2.45) is 0 Å². The van der Waals surface area contributed by atoms with Gasteiger partial charge in [-0.15, -0.1) is 0 Å². The minimum atomic E-state index is -0.852. The van der Waals surface area contributed by atoms with Crippen molar-refractivity contribution in [3.63, 3.8) is 0 Å². The van der Waals surface area contributed by atoms with Crippen molar-refractivity contribution in [1.29, 1.82) is 0 Å². The van der Waals surface area contributed by atoms with E-state index in [0.29, 0.717) is 19.6 Å². The first-order valence-electron chi connectivity index (χ1n) is 9.18. The Kier molecular flexibility index (Phi) is 7.92. The summed E-state index contributed by atoms with van der Waals surface area (Å²) in [5, 5.41) is 10.3. The number of rotatable bonds is 8. The molecule has 0 bridgehead atoms. The van der Waals surface area contributed by atoms with Crippen molar-refractivity contribution in [3.8, 4) is 17.6 Å². The molecule has 1 fully saturated rings. The Bertz CT molecular complexity index is 599. The van der Waals surface area contributed by atoms with Gasteiger partial charge in [0.05, 0.1) is 26.4 Å². The van der Waals surface area contributed by atoms with Crippen LogP contribution in [0.5, 0.6) is 5.75 Å². The van der Waals surface area contributed by atoms with E-state index in [0.717, 1.165) is 24.2 Å². The average Bonchev–Trinajstić information content (AvgIpc) is 2.93. The molecule has 1 aromatic carbocycles. The van der Waals surface area contributed by atoms with Crippen LogP contribution in [0.25, 0.3) is 0 Å². The number of aliphatic hydroxyl groups excluding tert-OH is 1. The number of hydrogen-bond acceptors (Lipinski definition) is 5. The van der Waals surface area contributed by atoms with E-state index in [9.17, 15) is 5.11 Å². The lowest BCUT2D eigenvalue weighted by Gasteiger charge is -2.18. The van der Waals surface area contributed by atoms with Gasteiger partial charge in [0.15, 0.2) is 5.79 Å². The van der Waals surface area contributed by atoms with E-state index in [1.165, 1.54) is 0 Å². The van der Waals surface area contributed by atoms with Crippen LogP contribution in [-0.4, -0.2) is 42.9 Å². The quantitative estimate of drug-likeness (QED) is 0.568. The lowest BCUT2D eigenvalue weighted by Crippen LogP contribution is -2.34. The van der Waals surface area contributed by atoms with Crippen molar-refractivity contribution in [3.05, 3.63) is 29.8 Å². The van der Waals surface area contributed by atoms with Gasteiger partial charge in [-0.05, 0) is 38.0 Å². The maximum atomic E-state index is 10.3. The average molecular weight is 362 g/mol. The zero-order chi connectivity index (χ0) is 19.0. The summed E-state index contributed by atoms with van der Waals surface area (Å²) < 4.78 is 22.4. The fourth-order valence-electron chi connectivity index (χ4n) is 2.93. The van der Waals surface area contributed by atoms with Gasteiger partial charge in [0, 0.05) is 6.42 Å². The molecule has 1 heterocycles. The summed E-state index contributed by atoms with van der Waals surface area (Å²) >= 11 is 0. The number of hydrogen-bond donors (Lipinski definition) is 1. The fourth-order valence-corrected chi connectivity index (χ4v) is 2.93. The molecular formula is C21H30O5. The highest BCUT2D eigenvalue weighted by molar-refractivity contribution is 5.26. The summed E-state index contributed by atoms with van der Waals surface area (Å²) in [6.45, 7) is 6.85. The van der Waals surface area contributed by atoms with Gasteiger partial charge in [-0.3, -0.25) is 0 Å². The molecule has 0 amide bonds. The highest BCUT2D eigenvalue weighted by Crippen LogP contribution is 2.32. The van der Waals surface area contributed by atoms with Crippen molar-refractivity contribution >= 4 is 0 Å². The molecule has 0 radical (unpaired) electrons. The SMILES string of the molecule is CCC[C@@H]1OC(C)(C)OC1C(O)C#CCCOCc1ccc(OC)cc1. The Labute approximate surface area is 156 Å². The third-order valence-corrected chi connectivity index (χ3v) is 4.16. The second kappa shape index (κ2) is 9.94. The molecule has 1 aliphatic heterocycles. The monoisotopic (exact) mass is 362 g/mol. The van der Waals surface area contributed by atoms with Gasteiger partial charge in [0.1, 0.15) is 18.0 Å². The fraction of sp³-hybridized carbons (Fsp3) is 0.619. The molecule has 0 spiro atoms. The van der Waals surface area contributed by atoms with Crippen molar-refractivity contribution in [2.45, 2.75) is 70.7 Å². The maximum Gasteiger partial charge on any atom is 0.163 e. The first kappa shape index (κ1) is 20.7. The minimum Gasteiger partial charge on any atom is -0.497 e. The summed E-state index contributed by atoms with van der Waals surface area (Å²) in [5.74, 6) is 6.00. The van der Waals surface area contributed by atoms with Gasteiger partial charge >= 0.3 is 0 Å². The van der Waals surface area contributed by atoms with Crippen LogP contribution in [0, 0.1) is 11.8 Å². The lowest BCUT2D eigenvalue weighted by atomic mass is 10.0. The molecule has 2 rings (SSSR count).